The molecule has 0 bridgehead atoms. The van der Waals surface area contributed by atoms with Gasteiger partial charge in [0.1, 0.15) is 6.10 Å². The number of carbonyl (C=O) groups is 2. The Hall–Kier alpha value is -1.06. The lowest BCUT2D eigenvalue weighted by Gasteiger charge is -2.22. The lowest BCUT2D eigenvalue weighted by atomic mass is 9.82. The molecule has 0 saturated heterocycles. The summed E-state index contributed by atoms with van der Waals surface area (Å²) >= 11 is 0. The van der Waals surface area contributed by atoms with Gasteiger partial charge in [-0.1, -0.05) is 104 Å². The van der Waals surface area contributed by atoms with Crippen molar-refractivity contribution in [1.29, 1.82) is 0 Å². The van der Waals surface area contributed by atoms with Gasteiger partial charge in [-0.3, -0.25) is 9.59 Å². The molecule has 4 nitrogen and oxygen atoms in total. The quantitative estimate of drug-likeness (QED) is 0.124. The Morgan fingerprint density at radius 1 is 0.656 bits per heavy atom. The minimum Gasteiger partial charge on any atom is -0.481 e. The van der Waals surface area contributed by atoms with E-state index in [1.165, 1.54) is 64.7 Å². The maximum atomic E-state index is 11.8. The van der Waals surface area contributed by atoms with Gasteiger partial charge in [0.25, 0.3) is 0 Å². The van der Waals surface area contributed by atoms with Gasteiger partial charge in [0.2, 0.25) is 0 Å². The number of rotatable bonds is 23. The van der Waals surface area contributed by atoms with Crippen LogP contribution in [0.3, 0.4) is 0 Å². The molecule has 0 fully saturated rings. The summed E-state index contributed by atoms with van der Waals surface area (Å²) in [4.78, 5) is 23.1. The van der Waals surface area contributed by atoms with Crippen molar-refractivity contribution in [3.63, 3.8) is 0 Å². The third-order valence-corrected chi connectivity index (χ3v) is 6.84. The molecule has 0 heterocycles. The molecule has 1 N–H and O–H groups in total. The lowest BCUT2D eigenvalue weighted by Crippen LogP contribution is -2.23. The second kappa shape index (κ2) is 21.8. The molecule has 0 aliphatic heterocycles. The third-order valence-electron chi connectivity index (χ3n) is 6.84. The minimum atomic E-state index is -0.592. The van der Waals surface area contributed by atoms with Crippen molar-refractivity contribution >= 4 is 11.9 Å². The van der Waals surface area contributed by atoms with Crippen LogP contribution in [-0.4, -0.2) is 23.1 Å². The van der Waals surface area contributed by atoms with Crippen molar-refractivity contribution in [2.24, 2.45) is 11.8 Å². The first kappa shape index (κ1) is 30.9. The SMILES string of the molecule is CCCCCCC(CCCCCCCCCC(C(=O)O)C(CC)CCCCC)OC(C)=O. The van der Waals surface area contributed by atoms with E-state index in [2.05, 4.69) is 20.8 Å². The molecular weight excluding hydrogens is 400 g/mol. The predicted octanol–water partition coefficient (Wildman–Crippen LogP) is 8.71. The molecule has 0 amide bonds. The Morgan fingerprint density at radius 3 is 1.56 bits per heavy atom. The highest BCUT2D eigenvalue weighted by molar-refractivity contribution is 5.70. The monoisotopic (exact) mass is 454 g/mol. The standard InChI is InChI=1S/C28H54O4/c1-5-8-10-17-21-26(32-24(4)29)22-18-14-12-11-13-15-19-23-27(28(30)31)25(7-3)20-16-9-6-2/h25-27H,5-23H2,1-4H3,(H,30,31). The highest BCUT2D eigenvalue weighted by atomic mass is 16.5. The summed E-state index contributed by atoms with van der Waals surface area (Å²) in [5.41, 5.74) is 0. The third kappa shape index (κ3) is 17.5. The Kier molecular flexibility index (Phi) is 21.0. The predicted molar refractivity (Wildman–Crippen MR) is 135 cm³/mol. The fourth-order valence-electron chi connectivity index (χ4n) is 4.82. The van der Waals surface area contributed by atoms with Crippen molar-refractivity contribution in [3.8, 4) is 0 Å². The van der Waals surface area contributed by atoms with Crippen LogP contribution in [0, 0.1) is 11.8 Å². The minimum absolute atomic E-state index is 0.0983. The summed E-state index contributed by atoms with van der Waals surface area (Å²) in [6.45, 7) is 8.07. The number of carboxylic acid groups (broad SMARTS) is 1. The van der Waals surface area contributed by atoms with Crippen LogP contribution in [0.1, 0.15) is 150 Å². The average Bonchev–Trinajstić information content (AvgIpc) is 2.75. The first-order valence-corrected chi connectivity index (χ1v) is 13.9. The summed E-state index contributed by atoms with van der Waals surface area (Å²) in [6, 6.07) is 0. The van der Waals surface area contributed by atoms with Crippen molar-refractivity contribution in [1.82, 2.24) is 0 Å². The van der Waals surface area contributed by atoms with E-state index in [4.69, 9.17) is 4.74 Å². The maximum absolute atomic E-state index is 11.8. The number of unbranched alkanes of at least 4 members (excludes halogenated alkanes) is 11. The zero-order valence-electron chi connectivity index (χ0n) is 21.8. The van der Waals surface area contributed by atoms with E-state index in [9.17, 15) is 14.7 Å². The molecule has 0 aromatic heterocycles. The van der Waals surface area contributed by atoms with Crippen molar-refractivity contribution < 1.29 is 19.4 Å². The molecule has 0 aliphatic rings. The largest absolute Gasteiger partial charge is 0.481 e. The summed E-state index contributed by atoms with van der Waals surface area (Å²) in [7, 11) is 0. The molecule has 32 heavy (non-hydrogen) atoms. The van der Waals surface area contributed by atoms with Crippen molar-refractivity contribution in [2.75, 3.05) is 0 Å². The maximum Gasteiger partial charge on any atom is 0.306 e. The van der Waals surface area contributed by atoms with Gasteiger partial charge in [0.05, 0.1) is 5.92 Å². The molecule has 0 aromatic rings. The Balaban J connectivity index is 3.94. The normalized spacial score (nSPS) is 14.1. The number of esters is 1. The smallest absolute Gasteiger partial charge is 0.306 e. The second-order valence-corrected chi connectivity index (χ2v) is 9.74. The molecule has 0 aliphatic carbocycles. The molecular formula is C28H54O4. The Bertz CT molecular complexity index is 449. The van der Waals surface area contributed by atoms with E-state index in [1.807, 2.05) is 0 Å². The number of hydrogen-bond acceptors (Lipinski definition) is 3. The zero-order chi connectivity index (χ0) is 24.0. The number of carboxylic acids is 1. The van der Waals surface area contributed by atoms with Crippen LogP contribution >= 0.6 is 0 Å². The van der Waals surface area contributed by atoms with Gasteiger partial charge in [0, 0.05) is 6.92 Å². The first-order valence-electron chi connectivity index (χ1n) is 13.9. The molecule has 4 heteroatoms. The number of hydrogen-bond donors (Lipinski definition) is 1. The zero-order valence-corrected chi connectivity index (χ0v) is 21.8. The highest BCUT2D eigenvalue weighted by Gasteiger charge is 2.25. The molecule has 0 saturated carbocycles. The molecule has 0 aromatic carbocycles. The lowest BCUT2D eigenvalue weighted by molar-refractivity contribution is -0.147. The van der Waals surface area contributed by atoms with Crippen LogP contribution in [0.25, 0.3) is 0 Å². The molecule has 0 radical (unpaired) electrons. The fraction of sp³-hybridized carbons (Fsp3) is 0.929. The van der Waals surface area contributed by atoms with Gasteiger partial charge >= 0.3 is 11.9 Å². The van der Waals surface area contributed by atoms with Crippen LogP contribution in [-0.2, 0) is 14.3 Å². The van der Waals surface area contributed by atoms with E-state index in [-0.39, 0.29) is 18.0 Å². The van der Waals surface area contributed by atoms with Gasteiger partial charge in [-0.15, -0.1) is 0 Å². The molecule has 190 valence electrons. The highest BCUT2D eigenvalue weighted by Crippen LogP contribution is 2.28. The topological polar surface area (TPSA) is 63.6 Å². The van der Waals surface area contributed by atoms with Crippen molar-refractivity contribution in [3.05, 3.63) is 0 Å². The molecule has 0 spiro atoms. The number of carbonyl (C=O) groups excluding carboxylic acids is 1. The van der Waals surface area contributed by atoms with Crippen LogP contribution in [0.5, 0.6) is 0 Å². The summed E-state index contributed by atoms with van der Waals surface area (Å²) < 4.78 is 5.50. The van der Waals surface area contributed by atoms with Crippen molar-refractivity contribution in [2.45, 2.75) is 156 Å². The fourth-order valence-corrected chi connectivity index (χ4v) is 4.82. The van der Waals surface area contributed by atoms with E-state index < -0.39 is 5.97 Å². The molecule has 3 atom stereocenters. The number of ether oxygens (including phenoxy) is 1. The van der Waals surface area contributed by atoms with Crippen LogP contribution in [0.15, 0.2) is 0 Å². The van der Waals surface area contributed by atoms with Crippen LogP contribution in [0.4, 0.5) is 0 Å². The van der Waals surface area contributed by atoms with Gasteiger partial charge in [-0.05, 0) is 44.4 Å². The van der Waals surface area contributed by atoms with Crippen LogP contribution in [0.2, 0.25) is 0 Å². The summed E-state index contributed by atoms with van der Waals surface area (Å²) in [5.74, 6) is -0.565. The summed E-state index contributed by atoms with van der Waals surface area (Å²) in [6.07, 6.45) is 21.5. The Labute approximate surface area is 199 Å². The Morgan fingerprint density at radius 2 is 1.09 bits per heavy atom. The van der Waals surface area contributed by atoms with E-state index in [0.717, 1.165) is 64.2 Å². The van der Waals surface area contributed by atoms with E-state index in [0.29, 0.717) is 5.92 Å². The number of aliphatic carboxylic acids is 1. The van der Waals surface area contributed by atoms with E-state index in [1.54, 1.807) is 0 Å². The van der Waals surface area contributed by atoms with Gasteiger partial charge in [-0.2, -0.15) is 0 Å². The van der Waals surface area contributed by atoms with Gasteiger partial charge in [0.15, 0.2) is 0 Å². The van der Waals surface area contributed by atoms with E-state index >= 15 is 0 Å². The summed E-state index contributed by atoms with van der Waals surface area (Å²) in [5, 5.41) is 9.68. The molecule has 3 unspecified atom stereocenters. The van der Waals surface area contributed by atoms with Gasteiger partial charge < -0.3 is 9.84 Å². The average molecular weight is 455 g/mol. The second-order valence-electron chi connectivity index (χ2n) is 9.74. The van der Waals surface area contributed by atoms with Crippen LogP contribution < -0.4 is 0 Å². The van der Waals surface area contributed by atoms with Gasteiger partial charge in [-0.25, -0.2) is 0 Å². The first-order chi connectivity index (χ1) is 15.5. The molecule has 0 rings (SSSR count).